The fourth-order valence-corrected chi connectivity index (χ4v) is 4.58. The Hall–Kier alpha value is -0.0100. The number of hydrogen-bond donors (Lipinski definition) is 1. The number of carbonyl (C=O) groups is 1. The van der Waals surface area contributed by atoms with E-state index in [1.807, 2.05) is 23.6 Å². The van der Waals surface area contributed by atoms with Gasteiger partial charge in [0.05, 0.1) is 11.0 Å². The van der Waals surface area contributed by atoms with Crippen LogP contribution in [0.4, 0.5) is 0 Å². The van der Waals surface area contributed by atoms with E-state index in [4.69, 9.17) is 0 Å². The quantitative estimate of drug-likeness (QED) is 0.870. The van der Waals surface area contributed by atoms with Crippen LogP contribution in [-0.2, 0) is 4.79 Å². The number of nitrogens with one attached hydrogen (secondary N) is 1. The number of carbonyl (C=O) groups excluding carboxylic acids is 1. The standard InChI is InChI=1S/C13H19N3OS2.2ClH/c1-9-6-19-12(15-9)10-2-4-16(5-3-10)13(17)11-7-18-8-14-11;;/h6,10-11,14H,2-5,7-8H2,1H3;2*1H. The Labute approximate surface area is 146 Å². The second kappa shape index (κ2) is 8.58. The number of aryl methyl sites for hydroxylation is 1. The molecule has 1 unspecified atom stereocenters. The van der Waals surface area contributed by atoms with Crippen LogP contribution in [0, 0.1) is 6.92 Å². The third-order valence-electron chi connectivity index (χ3n) is 3.81. The number of aromatic nitrogens is 1. The molecular formula is C13H21Cl2N3OS2. The van der Waals surface area contributed by atoms with E-state index in [0.717, 1.165) is 43.3 Å². The van der Waals surface area contributed by atoms with Gasteiger partial charge < -0.3 is 4.90 Å². The van der Waals surface area contributed by atoms with Gasteiger partial charge in [0, 0.05) is 41.7 Å². The number of hydrogen-bond acceptors (Lipinski definition) is 5. The molecule has 120 valence electrons. The molecule has 1 N–H and O–H groups in total. The smallest absolute Gasteiger partial charge is 0.240 e. The second-order valence-corrected chi connectivity index (χ2v) is 7.12. The van der Waals surface area contributed by atoms with E-state index < -0.39 is 0 Å². The molecule has 2 aliphatic rings. The topological polar surface area (TPSA) is 45.2 Å². The molecule has 2 fully saturated rings. The van der Waals surface area contributed by atoms with E-state index in [2.05, 4.69) is 15.7 Å². The summed E-state index contributed by atoms with van der Waals surface area (Å²) < 4.78 is 0. The molecule has 0 saturated carbocycles. The van der Waals surface area contributed by atoms with Gasteiger partial charge >= 0.3 is 0 Å². The van der Waals surface area contributed by atoms with Gasteiger partial charge in [0.25, 0.3) is 0 Å². The third kappa shape index (κ3) is 4.48. The first kappa shape index (κ1) is 19.0. The number of thiazole rings is 1. The second-order valence-electron chi connectivity index (χ2n) is 5.20. The molecule has 0 aromatic carbocycles. The lowest BCUT2D eigenvalue weighted by Crippen LogP contribution is -2.47. The molecular weight excluding hydrogens is 349 g/mol. The van der Waals surface area contributed by atoms with Gasteiger partial charge in [-0.1, -0.05) is 0 Å². The summed E-state index contributed by atoms with van der Waals surface area (Å²) in [7, 11) is 0. The Morgan fingerprint density at radius 2 is 2.10 bits per heavy atom. The van der Waals surface area contributed by atoms with Crippen LogP contribution >= 0.6 is 47.9 Å². The van der Waals surface area contributed by atoms with Crippen molar-refractivity contribution in [3.05, 3.63) is 16.1 Å². The van der Waals surface area contributed by atoms with E-state index in [1.165, 1.54) is 5.01 Å². The van der Waals surface area contributed by atoms with E-state index in [0.29, 0.717) is 11.8 Å². The van der Waals surface area contributed by atoms with Crippen LogP contribution in [0.2, 0.25) is 0 Å². The van der Waals surface area contributed by atoms with Crippen molar-refractivity contribution in [2.45, 2.75) is 31.7 Å². The zero-order chi connectivity index (χ0) is 13.2. The molecule has 8 heteroatoms. The van der Waals surface area contributed by atoms with Crippen molar-refractivity contribution in [1.29, 1.82) is 0 Å². The molecule has 3 rings (SSSR count). The number of amides is 1. The fourth-order valence-electron chi connectivity index (χ4n) is 2.68. The number of halogens is 2. The lowest BCUT2D eigenvalue weighted by atomic mass is 9.97. The summed E-state index contributed by atoms with van der Waals surface area (Å²) in [4.78, 5) is 18.9. The summed E-state index contributed by atoms with van der Waals surface area (Å²) in [5, 5.41) is 6.63. The van der Waals surface area contributed by atoms with Crippen LogP contribution in [0.3, 0.4) is 0 Å². The summed E-state index contributed by atoms with van der Waals surface area (Å²) in [6.45, 7) is 3.80. The van der Waals surface area contributed by atoms with E-state index in [-0.39, 0.29) is 30.9 Å². The molecule has 2 aliphatic heterocycles. The van der Waals surface area contributed by atoms with Gasteiger partial charge in [0.15, 0.2) is 0 Å². The highest BCUT2D eigenvalue weighted by molar-refractivity contribution is 7.99. The summed E-state index contributed by atoms with van der Waals surface area (Å²) >= 11 is 3.57. The van der Waals surface area contributed by atoms with Gasteiger partial charge in [-0.25, -0.2) is 4.98 Å². The third-order valence-corrected chi connectivity index (χ3v) is 5.87. The van der Waals surface area contributed by atoms with Crippen LogP contribution in [0.25, 0.3) is 0 Å². The zero-order valence-corrected chi connectivity index (χ0v) is 15.2. The number of piperidine rings is 1. The molecule has 0 radical (unpaired) electrons. The van der Waals surface area contributed by atoms with Crippen LogP contribution in [0.5, 0.6) is 0 Å². The number of likely N-dealkylation sites (tertiary alicyclic amines) is 1. The van der Waals surface area contributed by atoms with Gasteiger partial charge in [-0.3, -0.25) is 10.1 Å². The van der Waals surface area contributed by atoms with Crippen molar-refractivity contribution in [2.24, 2.45) is 0 Å². The van der Waals surface area contributed by atoms with Crippen molar-refractivity contribution >= 4 is 53.8 Å². The minimum atomic E-state index is 0. The normalized spacial score (nSPS) is 22.5. The predicted octanol–water partition coefficient (Wildman–Crippen LogP) is 2.66. The molecule has 0 aliphatic carbocycles. The van der Waals surface area contributed by atoms with Crippen molar-refractivity contribution in [3.8, 4) is 0 Å². The Morgan fingerprint density at radius 1 is 1.38 bits per heavy atom. The maximum atomic E-state index is 12.3. The van der Waals surface area contributed by atoms with Gasteiger partial charge in [-0.05, 0) is 19.8 Å². The summed E-state index contributed by atoms with van der Waals surface area (Å²) in [5.74, 6) is 2.67. The molecule has 1 aromatic rings. The molecule has 4 nitrogen and oxygen atoms in total. The van der Waals surface area contributed by atoms with Gasteiger partial charge in [-0.15, -0.1) is 47.9 Å². The van der Waals surface area contributed by atoms with E-state index >= 15 is 0 Å². The zero-order valence-electron chi connectivity index (χ0n) is 11.9. The Morgan fingerprint density at radius 3 is 2.62 bits per heavy atom. The van der Waals surface area contributed by atoms with Crippen LogP contribution < -0.4 is 5.32 Å². The summed E-state index contributed by atoms with van der Waals surface area (Å²) in [5.41, 5.74) is 1.12. The lowest BCUT2D eigenvalue weighted by molar-refractivity contribution is -0.133. The Kier molecular flexibility index (Phi) is 7.78. The minimum absolute atomic E-state index is 0. The highest BCUT2D eigenvalue weighted by atomic mass is 35.5. The molecule has 2 saturated heterocycles. The first-order valence-electron chi connectivity index (χ1n) is 6.76. The van der Waals surface area contributed by atoms with Crippen molar-refractivity contribution < 1.29 is 4.79 Å². The highest BCUT2D eigenvalue weighted by Crippen LogP contribution is 2.30. The molecule has 1 atom stereocenters. The van der Waals surface area contributed by atoms with Crippen molar-refractivity contribution in [1.82, 2.24) is 15.2 Å². The van der Waals surface area contributed by atoms with Crippen LogP contribution in [0.1, 0.15) is 29.5 Å². The van der Waals surface area contributed by atoms with Crippen LogP contribution in [0.15, 0.2) is 5.38 Å². The first-order valence-corrected chi connectivity index (χ1v) is 8.79. The largest absolute Gasteiger partial charge is 0.341 e. The molecule has 1 amide bonds. The lowest BCUT2D eigenvalue weighted by Gasteiger charge is -2.32. The van der Waals surface area contributed by atoms with E-state index in [9.17, 15) is 4.79 Å². The van der Waals surface area contributed by atoms with Gasteiger partial charge in [0.1, 0.15) is 0 Å². The number of rotatable bonds is 2. The average Bonchev–Trinajstić information content (AvgIpc) is 3.09. The van der Waals surface area contributed by atoms with Crippen molar-refractivity contribution in [3.63, 3.8) is 0 Å². The average molecular weight is 370 g/mol. The maximum absolute atomic E-state index is 12.3. The van der Waals surface area contributed by atoms with Gasteiger partial charge in [0.2, 0.25) is 5.91 Å². The first-order chi connectivity index (χ1) is 9.24. The number of nitrogens with zero attached hydrogens (tertiary/aromatic N) is 2. The summed E-state index contributed by atoms with van der Waals surface area (Å²) in [6.07, 6.45) is 2.11. The summed E-state index contributed by atoms with van der Waals surface area (Å²) in [6, 6.07) is 0.0451. The molecule has 0 bridgehead atoms. The monoisotopic (exact) mass is 369 g/mol. The Balaban J connectivity index is 0.00000110. The minimum Gasteiger partial charge on any atom is -0.341 e. The predicted molar refractivity (Wildman–Crippen MR) is 94.2 cm³/mol. The molecule has 1 aromatic heterocycles. The maximum Gasteiger partial charge on any atom is 0.240 e. The van der Waals surface area contributed by atoms with E-state index in [1.54, 1.807) is 11.3 Å². The van der Waals surface area contributed by atoms with Gasteiger partial charge in [-0.2, -0.15) is 0 Å². The highest BCUT2D eigenvalue weighted by Gasteiger charge is 2.31. The SMILES string of the molecule is Cc1csc(C2CCN(C(=O)C3CSCN3)CC2)n1.Cl.Cl. The van der Waals surface area contributed by atoms with Crippen LogP contribution in [-0.4, -0.2) is 46.6 Å². The molecule has 21 heavy (non-hydrogen) atoms. The molecule has 3 heterocycles. The number of thioether (sulfide) groups is 1. The Bertz CT molecular complexity index is 458. The molecule has 0 spiro atoms. The fraction of sp³-hybridized carbons (Fsp3) is 0.692. The van der Waals surface area contributed by atoms with Crippen molar-refractivity contribution in [2.75, 3.05) is 24.7 Å².